The summed E-state index contributed by atoms with van der Waals surface area (Å²) in [6, 6.07) is 1.53. The van der Waals surface area contributed by atoms with Gasteiger partial charge in [-0.25, -0.2) is 0 Å². The Kier molecular flexibility index (Phi) is 4.26. The minimum atomic E-state index is -4.33. The third-order valence-electron chi connectivity index (χ3n) is 4.72. The molecule has 0 aliphatic carbocycles. The van der Waals surface area contributed by atoms with Crippen LogP contribution in [0, 0.1) is 13.8 Å². The summed E-state index contributed by atoms with van der Waals surface area (Å²) in [6.07, 6.45) is -2.06. The Morgan fingerprint density at radius 1 is 1.44 bits per heavy atom. The predicted molar refractivity (Wildman–Crippen MR) is 86.2 cm³/mol. The highest BCUT2D eigenvalue weighted by molar-refractivity contribution is 5.96. The van der Waals surface area contributed by atoms with Gasteiger partial charge < -0.3 is 15.2 Å². The Morgan fingerprint density at radius 3 is 2.76 bits per heavy atom. The minimum absolute atomic E-state index is 0.0603. The maximum Gasteiger partial charge on any atom is 0.406 e. The van der Waals surface area contributed by atoms with Crippen molar-refractivity contribution in [3.63, 3.8) is 0 Å². The first-order chi connectivity index (χ1) is 11.7. The Hall–Kier alpha value is -2.45. The molecule has 25 heavy (non-hydrogen) atoms. The molecule has 0 aromatic carbocycles. The number of nitrogens with two attached hydrogens (primary N) is 1. The molecule has 1 amide bonds. The summed E-state index contributed by atoms with van der Waals surface area (Å²) in [7, 11) is 0. The molecule has 1 aliphatic heterocycles. The number of amides is 1. The summed E-state index contributed by atoms with van der Waals surface area (Å²) >= 11 is 0. The number of likely N-dealkylation sites (tertiary alicyclic amines) is 1. The number of halogens is 3. The Bertz CT molecular complexity index is 792. The van der Waals surface area contributed by atoms with Crippen LogP contribution in [-0.2, 0) is 6.54 Å². The highest BCUT2D eigenvalue weighted by Crippen LogP contribution is 2.31. The highest BCUT2D eigenvalue weighted by atomic mass is 19.4. The fourth-order valence-electron chi connectivity index (χ4n) is 3.42. The number of hydrogen-bond donors (Lipinski definition) is 2. The normalized spacial score (nSPS) is 18.1. The molecule has 0 radical (unpaired) electrons. The predicted octanol–water partition coefficient (Wildman–Crippen LogP) is 2.60. The van der Waals surface area contributed by atoms with Crippen LogP contribution in [0.3, 0.4) is 0 Å². The molecule has 6 nitrogen and oxygen atoms in total. The first kappa shape index (κ1) is 17.4. The van der Waals surface area contributed by atoms with E-state index in [-0.39, 0.29) is 11.8 Å². The molecule has 3 rings (SSSR count). The van der Waals surface area contributed by atoms with Gasteiger partial charge in [-0.3, -0.25) is 9.89 Å². The molecule has 1 atom stereocenters. The smallest absolute Gasteiger partial charge is 0.396 e. The van der Waals surface area contributed by atoms with Gasteiger partial charge in [0.05, 0.1) is 23.1 Å². The zero-order valence-corrected chi connectivity index (χ0v) is 14.0. The summed E-state index contributed by atoms with van der Waals surface area (Å²) in [6.45, 7) is 3.03. The van der Waals surface area contributed by atoms with Crippen molar-refractivity contribution in [2.24, 2.45) is 0 Å². The molecule has 2 aromatic rings. The number of anilines is 1. The van der Waals surface area contributed by atoms with E-state index in [1.54, 1.807) is 18.7 Å². The number of hydrogen-bond acceptors (Lipinski definition) is 3. The fourth-order valence-corrected chi connectivity index (χ4v) is 3.42. The first-order valence-electron chi connectivity index (χ1n) is 7.99. The number of nitrogen functional groups attached to an aromatic ring is 1. The van der Waals surface area contributed by atoms with Crippen LogP contribution in [-0.4, -0.2) is 44.8 Å². The second-order valence-corrected chi connectivity index (χ2v) is 6.46. The monoisotopic (exact) mass is 355 g/mol. The van der Waals surface area contributed by atoms with Crippen molar-refractivity contribution in [1.82, 2.24) is 19.7 Å². The van der Waals surface area contributed by atoms with Crippen molar-refractivity contribution < 1.29 is 18.0 Å². The van der Waals surface area contributed by atoms with E-state index in [9.17, 15) is 18.0 Å². The molecule has 0 bridgehead atoms. The van der Waals surface area contributed by atoms with E-state index in [0.717, 1.165) is 16.7 Å². The van der Waals surface area contributed by atoms with Crippen molar-refractivity contribution in [2.45, 2.75) is 38.9 Å². The van der Waals surface area contributed by atoms with Gasteiger partial charge >= 0.3 is 6.18 Å². The molecule has 2 aromatic heterocycles. The summed E-state index contributed by atoms with van der Waals surface area (Å²) in [5.41, 5.74) is 8.29. The molecule has 3 N–H and O–H groups in total. The van der Waals surface area contributed by atoms with Crippen molar-refractivity contribution in [1.29, 1.82) is 0 Å². The van der Waals surface area contributed by atoms with E-state index < -0.39 is 12.7 Å². The van der Waals surface area contributed by atoms with Gasteiger partial charge in [0.25, 0.3) is 5.91 Å². The quantitative estimate of drug-likeness (QED) is 0.888. The van der Waals surface area contributed by atoms with Gasteiger partial charge in [-0.1, -0.05) is 0 Å². The van der Waals surface area contributed by atoms with Crippen LogP contribution in [0.2, 0.25) is 0 Å². The molecule has 1 fully saturated rings. The van der Waals surface area contributed by atoms with Crippen molar-refractivity contribution in [2.75, 3.05) is 18.8 Å². The number of rotatable bonds is 3. The number of aromatic amines is 1. The van der Waals surface area contributed by atoms with Gasteiger partial charge in [0.15, 0.2) is 0 Å². The molecule has 136 valence electrons. The van der Waals surface area contributed by atoms with Gasteiger partial charge in [0.1, 0.15) is 6.54 Å². The molecule has 3 heterocycles. The number of H-pyrrole nitrogens is 1. The fraction of sp³-hybridized carbons (Fsp3) is 0.500. The van der Waals surface area contributed by atoms with E-state index >= 15 is 0 Å². The third kappa shape index (κ3) is 3.35. The second kappa shape index (κ2) is 6.12. The molecule has 9 heteroatoms. The molecule has 1 unspecified atom stereocenters. The SMILES string of the molecule is Cc1cc(C(=O)N2CCC(c3[nH]ncc3N)C2)c(C)n1CC(F)(F)F. The van der Waals surface area contributed by atoms with E-state index in [1.165, 1.54) is 12.3 Å². The zero-order chi connectivity index (χ0) is 18.4. The van der Waals surface area contributed by atoms with E-state index in [1.807, 2.05) is 0 Å². The standard InChI is InChI=1S/C16H20F3N5O/c1-9-5-12(10(2)24(9)8-16(17,18)19)15(25)23-4-3-11(7-23)14-13(20)6-21-22-14/h5-6,11H,3-4,7-8,20H2,1-2H3,(H,21,22). The van der Waals surface area contributed by atoms with Crippen LogP contribution in [0.4, 0.5) is 18.9 Å². The second-order valence-electron chi connectivity index (χ2n) is 6.46. The van der Waals surface area contributed by atoms with E-state index in [0.29, 0.717) is 35.7 Å². The van der Waals surface area contributed by atoms with E-state index in [4.69, 9.17) is 5.73 Å². The third-order valence-corrected chi connectivity index (χ3v) is 4.72. The van der Waals surface area contributed by atoms with Crippen LogP contribution in [0.5, 0.6) is 0 Å². The number of aromatic nitrogens is 3. The number of nitrogens with zero attached hydrogens (tertiary/aromatic N) is 3. The Morgan fingerprint density at radius 2 is 2.16 bits per heavy atom. The molecule has 1 saturated heterocycles. The number of carbonyl (C=O) groups excluding carboxylic acids is 1. The Balaban J connectivity index is 1.78. The van der Waals surface area contributed by atoms with Crippen molar-refractivity contribution in [3.8, 4) is 0 Å². The summed E-state index contributed by atoms with van der Waals surface area (Å²) < 4.78 is 39.3. The van der Waals surface area contributed by atoms with Crippen molar-refractivity contribution in [3.05, 3.63) is 34.9 Å². The summed E-state index contributed by atoms with van der Waals surface area (Å²) in [4.78, 5) is 14.4. The molecule has 0 saturated carbocycles. The van der Waals surface area contributed by atoms with Crippen molar-refractivity contribution >= 4 is 11.6 Å². The van der Waals surface area contributed by atoms with Crippen LogP contribution >= 0.6 is 0 Å². The lowest BCUT2D eigenvalue weighted by Gasteiger charge is -2.17. The van der Waals surface area contributed by atoms with Crippen LogP contribution in [0.25, 0.3) is 0 Å². The number of carbonyl (C=O) groups is 1. The average Bonchev–Trinajstić information content (AvgIpc) is 3.21. The largest absolute Gasteiger partial charge is 0.406 e. The Labute approximate surface area is 142 Å². The maximum atomic E-state index is 12.8. The highest BCUT2D eigenvalue weighted by Gasteiger charge is 2.33. The van der Waals surface area contributed by atoms with Crippen LogP contribution in [0.15, 0.2) is 12.3 Å². The van der Waals surface area contributed by atoms with Crippen LogP contribution < -0.4 is 5.73 Å². The molecular weight excluding hydrogens is 335 g/mol. The van der Waals surface area contributed by atoms with Gasteiger partial charge in [0.2, 0.25) is 0 Å². The number of aryl methyl sites for hydroxylation is 1. The van der Waals surface area contributed by atoms with Gasteiger partial charge in [0, 0.05) is 30.4 Å². The topological polar surface area (TPSA) is 79.9 Å². The van der Waals surface area contributed by atoms with Gasteiger partial charge in [-0.05, 0) is 26.3 Å². The molecule has 0 spiro atoms. The van der Waals surface area contributed by atoms with Crippen LogP contribution in [0.1, 0.15) is 39.8 Å². The number of nitrogens with one attached hydrogen (secondary N) is 1. The maximum absolute atomic E-state index is 12.8. The molecular formula is C16H20F3N5O. The van der Waals surface area contributed by atoms with Gasteiger partial charge in [-0.2, -0.15) is 18.3 Å². The van der Waals surface area contributed by atoms with E-state index in [2.05, 4.69) is 10.2 Å². The summed E-state index contributed by atoms with van der Waals surface area (Å²) in [5.74, 6) is -0.188. The minimum Gasteiger partial charge on any atom is -0.396 e. The zero-order valence-electron chi connectivity index (χ0n) is 14.0. The first-order valence-corrected chi connectivity index (χ1v) is 7.99. The lowest BCUT2D eigenvalue weighted by Crippen LogP contribution is -2.29. The average molecular weight is 355 g/mol. The van der Waals surface area contributed by atoms with Gasteiger partial charge in [-0.15, -0.1) is 0 Å². The summed E-state index contributed by atoms with van der Waals surface area (Å²) in [5, 5.41) is 6.75. The lowest BCUT2D eigenvalue weighted by atomic mass is 10.0. The lowest BCUT2D eigenvalue weighted by molar-refractivity contribution is -0.141. The number of alkyl halides is 3. The molecule has 1 aliphatic rings.